The van der Waals surface area contributed by atoms with E-state index in [4.69, 9.17) is 4.74 Å². The summed E-state index contributed by atoms with van der Waals surface area (Å²) in [6, 6.07) is 29.0. The molecule has 0 amide bonds. The van der Waals surface area contributed by atoms with Crippen LogP contribution in [0.2, 0.25) is 0 Å². The average Bonchev–Trinajstić information content (AvgIpc) is 1.51. The lowest BCUT2D eigenvalue weighted by Crippen LogP contribution is -2.38. The lowest BCUT2D eigenvalue weighted by atomic mass is 9.61. The van der Waals surface area contributed by atoms with E-state index in [2.05, 4.69) is 224 Å². The minimum absolute atomic E-state index is 0.0134. The molecule has 7 aromatic carbocycles. The lowest BCUT2D eigenvalue weighted by molar-refractivity contribution is 0.0692. The number of benzene rings is 7. The van der Waals surface area contributed by atoms with Crippen LogP contribution < -0.4 is 4.74 Å². The van der Waals surface area contributed by atoms with Gasteiger partial charge in [0.05, 0.1) is 11.1 Å². The molecule has 0 radical (unpaired) electrons. The van der Waals surface area contributed by atoms with E-state index >= 15 is 4.79 Å². The van der Waals surface area contributed by atoms with E-state index in [-0.39, 0.29) is 46.8 Å². The van der Waals surface area contributed by atoms with E-state index in [1.807, 2.05) is 39.0 Å². The van der Waals surface area contributed by atoms with Gasteiger partial charge >= 0.3 is 11.9 Å². The first-order valence-corrected chi connectivity index (χ1v) is 33.8. The zero-order valence-electron chi connectivity index (χ0n) is 60.3. The van der Waals surface area contributed by atoms with E-state index in [0.29, 0.717) is 62.6 Å². The standard InChI is InChI=1S/C86H104O7/c1-46-31-54(42-56-33-48(3)37-65(75(56)88)82(13,14)15)69(63(35-46)80(7,8)9)71-61(78(90)91)27-28-62(72(71)70-55(32-47(2)36-64(70)81(10,11)12)43-57-34-49(4)38-66(76(57)89)83(16,17)18)79(92)93-77-51(6)40-59(45-68(77)85(22,23)24)86(30-29-60-52-25-26-53(41-52)73(60)86)58-39-50(5)74(87)67(44-58)84(19,20)21/h25-40,44-45,52-53,60,73,87-89H,41-43H2,1-24H3,(H,90,91). The molecule has 0 heterocycles. The molecular weight excluding hydrogens is 1140 g/mol. The molecular formula is C86H104O7. The lowest BCUT2D eigenvalue weighted by Gasteiger charge is -2.42. The maximum Gasteiger partial charge on any atom is 0.344 e. The fourth-order valence-electron chi connectivity index (χ4n) is 16.1. The van der Waals surface area contributed by atoms with E-state index < -0.39 is 44.4 Å². The predicted octanol–water partition coefficient (Wildman–Crippen LogP) is 21.2. The van der Waals surface area contributed by atoms with Crippen LogP contribution in [0.15, 0.2) is 109 Å². The summed E-state index contributed by atoms with van der Waals surface area (Å²) in [6.07, 6.45) is 11.3. The number of fused-ring (bicyclic) bond motifs is 5. The number of aromatic carboxylic acids is 1. The maximum absolute atomic E-state index is 16.8. The first kappa shape index (κ1) is 68.2. The van der Waals surface area contributed by atoms with Gasteiger partial charge in [-0.3, -0.25) is 0 Å². The number of phenols is 3. The first-order chi connectivity index (χ1) is 42.8. The van der Waals surface area contributed by atoms with Crippen molar-refractivity contribution in [3.05, 3.63) is 221 Å². The van der Waals surface area contributed by atoms with E-state index in [1.54, 1.807) is 12.1 Å². The monoisotopic (exact) mass is 1250 g/mol. The van der Waals surface area contributed by atoms with Crippen LogP contribution in [0.5, 0.6) is 23.0 Å². The van der Waals surface area contributed by atoms with Crippen LogP contribution in [0.25, 0.3) is 22.3 Å². The number of esters is 1. The Morgan fingerprint density at radius 3 is 1.25 bits per heavy atom. The number of hydrogen-bond donors (Lipinski definition) is 4. The van der Waals surface area contributed by atoms with Gasteiger partial charge in [0.15, 0.2) is 0 Å². The fourth-order valence-corrected chi connectivity index (χ4v) is 16.1. The molecule has 4 N–H and O–H groups in total. The second kappa shape index (κ2) is 23.4. The Morgan fingerprint density at radius 2 is 0.806 bits per heavy atom. The van der Waals surface area contributed by atoms with Gasteiger partial charge in [0, 0.05) is 34.9 Å². The molecule has 7 heteroatoms. The van der Waals surface area contributed by atoms with Crippen LogP contribution in [0.4, 0.5) is 0 Å². The Kier molecular flexibility index (Phi) is 17.1. The van der Waals surface area contributed by atoms with Gasteiger partial charge in [-0.25, -0.2) is 9.59 Å². The highest BCUT2D eigenvalue weighted by molar-refractivity contribution is 6.11. The van der Waals surface area contributed by atoms with Crippen molar-refractivity contribution in [2.75, 3.05) is 0 Å². The summed E-state index contributed by atoms with van der Waals surface area (Å²) in [7, 11) is 0. The number of phenolic OH excluding ortho intramolecular Hbond substituents is 3. The summed E-state index contributed by atoms with van der Waals surface area (Å²) in [5, 5.41) is 48.7. The summed E-state index contributed by atoms with van der Waals surface area (Å²) < 4.78 is 7.22. The number of hydrogen-bond acceptors (Lipinski definition) is 6. The van der Waals surface area contributed by atoms with Crippen molar-refractivity contribution in [3.63, 3.8) is 0 Å². The molecule has 3 aliphatic carbocycles. The Labute approximate surface area is 556 Å². The molecule has 1 saturated carbocycles. The molecule has 93 heavy (non-hydrogen) atoms. The SMILES string of the molecule is Cc1cc(Cc2cc(C)cc(C(C)(C)C)c2-c2c(C(=O)O)ccc(C(=O)Oc3c(C)cc(C4(c5cc(C)c(O)c(C(C)(C)C)c5)C=CC5C6C=CC(C6)C54)cc3C(C)(C)C)c2-c2c(Cc3cc(C)cc(C(C)(C)C)c3O)cc(C)cc2C(C)(C)C)c(O)c(C(C)(C)C)c1. The number of carbonyl (C=O) groups is 2. The Hall–Kier alpha value is -7.64. The number of aromatic hydroxyl groups is 3. The fraction of sp³-hybridized carbons (Fsp3) is 0.442. The van der Waals surface area contributed by atoms with Gasteiger partial charge in [0.1, 0.15) is 23.0 Å². The molecule has 3 aliphatic rings. The third-order valence-electron chi connectivity index (χ3n) is 20.5. The number of aryl methyl sites for hydroxylation is 6. The van der Waals surface area contributed by atoms with Crippen molar-refractivity contribution < 1.29 is 34.8 Å². The van der Waals surface area contributed by atoms with Gasteiger partial charge in [0.25, 0.3) is 0 Å². The highest BCUT2D eigenvalue weighted by Gasteiger charge is 2.58. The highest BCUT2D eigenvalue weighted by Crippen LogP contribution is 2.64. The van der Waals surface area contributed by atoms with E-state index in [9.17, 15) is 25.2 Å². The van der Waals surface area contributed by atoms with E-state index in [0.717, 1.165) is 95.4 Å². The molecule has 10 rings (SSSR count). The minimum atomic E-state index is -1.16. The molecule has 0 aliphatic heterocycles. The number of carboxylic acids is 1. The maximum atomic E-state index is 16.8. The van der Waals surface area contributed by atoms with Gasteiger partial charge in [0.2, 0.25) is 0 Å². The topological polar surface area (TPSA) is 124 Å². The molecule has 7 aromatic rings. The number of rotatable bonds is 11. The van der Waals surface area contributed by atoms with Crippen LogP contribution in [-0.2, 0) is 50.7 Å². The van der Waals surface area contributed by atoms with Crippen molar-refractivity contribution in [2.24, 2.45) is 23.7 Å². The molecule has 2 bridgehead atoms. The average molecular weight is 1250 g/mol. The van der Waals surface area contributed by atoms with Crippen LogP contribution >= 0.6 is 0 Å². The number of carbonyl (C=O) groups excluding carboxylic acids is 1. The van der Waals surface area contributed by atoms with E-state index in [1.165, 1.54) is 0 Å². The number of allylic oxidation sites excluding steroid dienone is 4. The number of carboxylic acid groups (broad SMARTS) is 1. The first-order valence-electron chi connectivity index (χ1n) is 33.8. The molecule has 1 fully saturated rings. The zero-order chi connectivity index (χ0) is 68.7. The summed E-state index contributed by atoms with van der Waals surface area (Å²) in [5.41, 5.74) is 15.0. The van der Waals surface area contributed by atoms with Gasteiger partial charge in [-0.15, -0.1) is 0 Å². The smallest absolute Gasteiger partial charge is 0.344 e. The van der Waals surface area contributed by atoms with Crippen molar-refractivity contribution in [1.29, 1.82) is 0 Å². The number of ether oxygens (including phenoxy) is 1. The van der Waals surface area contributed by atoms with Crippen molar-refractivity contribution in [1.82, 2.24) is 0 Å². The summed E-state index contributed by atoms with van der Waals surface area (Å²) in [5.74, 6) is 0.707. The van der Waals surface area contributed by atoms with Crippen LogP contribution in [0.3, 0.4) is 0 Å². The Bertz CT molecular complexity index is 4270. The highest BCUT2D eigenvalue weighted by atomic mass is 16.5. The molecule has 0 saturated heterocycles. The van der Waals surface area contributed by atoms with Crippen LogP contribution in [-0.4, -0.2) is 32.4 Å². The molecule has 0 aromatic heterocycles. The van der Waals surface area contributed by atoms with Gasteiger partial charge in [-0.05, 0) is 200 Å². The summed E-state index contributed by atoms with van der Waals surface area (Å²) in [4.78, 5) is 31.5. The largest absolute Gasteiger partial charge is 0.507 e. The van der Waals surface area contributed by atoms with Crippen LogP contribution in [0.1, 0.15) is 252 Å². The zero-order valence-corrected chi connectivity index (χ0v) is 60.3. The van der Waals surface area contributed by atoms with Gasteiger partial charge < -0.3 is 25.2 Å². The van der Waals surface area contributed by atoms with Gasteiger partial charge in [-0.2, -0.15) is 0 Å². The second-order valence-electron chi connectivity index (χ2n) is 34.4. The molecule has 5 atom stereocenters. The Balaban J connectivity index is 1.31. The quantitative estimate of drug-likeness (QED) is 0.0578. The predicted molar refractivity (Wildman–Crippen MR) is 384 cm³/mol. The molecule has 7 nitrogen and oxygen atoms in total. The summed E-state index contributed by atoms with van der Waals surface area (Å²) >= 11 is 0. The minimum Gasteiger partial charge on any atom is -0.507 e. The molecule has 0 spiro atoms. The second-order valence-corrected chi connectivity index (χ2v) is 34.4. The summed E-state index contributed by atoms with van der Waals surface area (Å²) in [6.45, 7) is 50.8. The molecule has 490 valence electrons. The van der Waals surface area contributed by atoms with Gasteiger partial charge in [-0.1, -0.05) is 244 Å². The van der Waals surface area contributed by atoms with Crippen molar-refractivity contribution in [2.45, 2.75) is 223 Å². The normalized spacial score (nSPS) is 19.0. The Morgan fingerprint density at radius 1 is 0.430 bits per heavy atom. The van der Waals surface area contributed by atoms with Crippen LogP contribution in [0, 0.1) is 65.2 Å². The third kappa shape index (κ3) is 12.5. The molecule has 5 unspecified atom stereocenters. The van der Waals surface area contributed by atoms with Crippen molar-refractivity contribution in [3.8, 4) is 45.3 Å². The third-order valence-corrected chi connectivity index (χ3v) is 20.5. The van der Waals surface area contributed by atoms with Crippen molar-refractivity contribution >= 4 is 11.9 Å².